The molecule has 0 aliphatic rings. The second-order valence-corrected chi connectivity index (χ2v) is 7.47. The van der Waals surface area contributed by atoms with Crippen LogP contribution >= 0.6 is 30.8 Å². The normalized spacial score (nSPS) is 14.0. The maximum Gasteiger partial charge on any atom is 0.379 e. The largest absolute Gasteiger partial charge is 0.424 e. The van der Waals surface area contributed by atoms with Crippen LogP contribution in [-0.4, -0.2) is 12.8 Å². The number of hydrogen-bond donors (Lipinski definition) is 0. The Kier molecular flexibility index (Phi) is 7.98. The predicted octanol–water partition coefficient (Wildman–Crippen LogP) is 6.18. The zero-order valence-corrected chi connectivity index (χ0v) is 14.3. The molecule has 6 heteroatoms. The minimum Gasteiger partial charge on any atom is -0.424 e. The second kappa shape index (κ2) is 8.94. The molecule has 0 saturated carbocycles. The molecule has 0 amide bonds. The van der Waals surface area contributed by atoms with Crippen molar-refractivity contribution in [3.8, 4) is 5.75 Å². The van der Waals surface area contributed by atoms with Gasteiger partial charge < -0.3 is 4.52 Å². The average molecular weight is 339 g/mol. The molecule has 0 aromatic heterocycles. The summed E-state index contributed by atoms with van der Waals surface area (Å²) in [5.74, 6) is 0.426. The SMILES string of the molecule is CCCCOP(=O)(CCCC)Oc1ccc(Cl)c(Cl)c1. The van der Waals surface area contributed by atoms with Crippen molar-refractivity contribution in [1.29, 1.82) is 0 Å². The number of rotatable bonds is 9. The van der Waals surface area contributed by atoms with Gasteiger partial charge in [0.05, 0.1) is 22.8 Å². The number of unbranched alkanes of at least 4 members (excludes halogenated alkanes) is 2. The minimum absolute atomic E-state index is 0.375. The Hall–Kier alpha value is -0.210. The molecule has 0 bridgehead atoms. The summed E-state index contributed by atoms with van der Waals surface area (Å²) in [7, 11) is -3.12. The summed E-state index contributed by atoms with van der Waals surface area (Å²) >= 11 is 11.8. The monoisotopic (exact) mass is 338 g/mol. The van der Waals surface area contributed by atoms with E-state index in [1.165, 1.54) is 0 Å². The predicted molar refractivity (Wildman–Crippen MR) is 85.3 cm³/mol. The van der Waals surface area contributed by atoms with Crippen LogP contribution in [0.2, 0.25) is 10.0 Å². The molecule has 0 N–H and O–H groups in total. The molecule has 0 aliphatic carbocycles. The van der Waals surface area contributed by atoms with Crippen LogP contribution in [0.25, 0.3) is 0 Å². The lowest BCUT2D eigenvalue weighted by atomic mass is 10.3. The quantitative estimate of drug-likeness (QED) is 0.398. The first-order chi connectivity index (χ1) is 9.50. The van der Waals surface area contributed by atoms with Crippen molar-refractivity contribution >= 4 is 30.8 Å². The van der Waals surface area contributed by atoms with E-state index < -0.39 is 7.60 Å². The topological polar surface area (TPSA) is 35.5 Å². The molecule has 20 heavy (non-hydrogen) atoms. The molecule has 3 nitrogen and oxygen atoms in total. The van der Waals surface area contributed by atoms with E-state index in [2.05, 4.69) is 6.92 Å². The van der Waals surface area contributed by atoms with Crippen molar-refractivity contribution in [2.75, 3.05) is 12.8 Å². The highest BCUT2D eigenvalue weighted by Crippen LogP contribution is 2.49. The maximum absolute atomic E-state index is 12.7. The fourth-order valence-electron chi connectivity index (χ4n) is 1.53. The summed E-state index contributed by atoms with van der Waals surface area (Å²) in [6.07, 6.45) is 3.99. The van der Waals surface area contributed by atoms with E-state index in [4.69, 9.17) is 32.2 Å². The first-order valence-electron chi connectivity index (χ1n) is 6.89. The van der Waals surface area contributed by atoms with E-state index in [0.29, 0.717) is 28.6 Å². The van der Waals surface area contributed by atoms with E-state index in [1.54, 1.807) is 18.2 Å². The minimum atomic E-state index is -3.12. The van der Waals surface area contributed by atoms with Gasteiger partial charge in [0.2, 0.25) is 0 Å². The van der Waals surface area contributed by atoms with Crippen molar-refractivity contribution in [3.05, 3.63) is 28.2 Å². The van der Waals surface area contributed by atoms with Gasteiger partial charge in [-0.2, -0.15) is 0 Å². The fourth-order valence-corrected chi connectivity index (χ4v) is 3.64. The third-order valence-corrected chi connectivity index (χ3v) is 5.37. The van der Waals surface area contributed by atoms with Crippen LogP contribution in [0, 0.1) is 0 Å². The van der Waals surface area contributed by atoms with Gasteiger partial charge in [-0.25, -0.2) is 4.57 Å². The fraction of sp³-hybridized carbons (Fsp3) is 0.571. The summed E-state index contributed by atoms with van der Waals surface area (Å²) in [6.45, 7) is 4.54. The Morgan fingerprint density at radius 1 is 1.10 bits per heavy atom. The van der Waals surface area contributed by atoms with Gasteiger partial charge in [0.1, 0.15) is 5.75 Å². The maximum atomic E-state index is 12.7. The zero-order chi connectivity index (χ0) is 15.0. The Morgan fingerprint density at radius 3 is 2.40 bits per heavy atom. The molecule has 1 aromatic rings. The van der Waals surface area contributed by atoms with Gasteiger partial charge in [0.15, 0.2) is 0 Å². The van der Waals surface area contributed by atoms with Gasteiger partial charge in [0, 0.05) is 6.07 Å². The van der Waals surface area contributed by atoms with E-state index in [-0.39, 0.29) is 0 Å². The van der Waals surface area contributed by atoms with Crippen LogP contribution in [0.15, 0.2) is 18.2 Å². The van der Waals surface area contributed by atoms with Crippen molar-refractivity contribution < 1.29 is 13.6 Å². The van der Waals surface area contributed by atoms with Crippen LogP contribution in [-0.2, 0) is 9.09 Å². The second-order valence-electron chi connectivity index (χ2n) is 4.54. The standard InChI is InChI=1S/C14H21Cl2O3P/c1-3-5-9-18-20(17,10-6-4-2)19-12-7-8-13(15)14(16)11-12/h7-8,11H,3-6,9-10H2,1-2H3. The van der Waals surface area contributed by atoms with Gasteiger partial charge in [-0.05, 0) is 25.0 Å². The highest BCUT2D eigenvalue weighted by Gasteiger charge is 2.25. The first-order valence-corrected chi connectivity index (χ1v) is 9.37. The number of halogens is 2. The summed E-state index contributed by atoms with van der Waals surface area (Å²) in [5.41, 5.74) is 0. The lowest BCUT2D eigenvalue weighted by Crippen LogP contribution is -2.04. The highest BCUT2D eigenvalue weighted by molar-refractivity contribution is 7.54. The van der Waals surface area contributed by atoms with Gasteiger partial charge in [-0.3, -0.25) is 4.52 Å². The smallest absolute Gasteiger partial charge is 0.379 e. The molecule has 1 aromatic carbocycles. The molecule has 1 unspecified atom stereocenters. The van der Waals surface area contributed by atoms with Crippen LogP contribution in [0.3, 0.4) is 0 Å². The van der Waals surface area contributed by atoms with E-state index in [0.717, 1.165) is 25.7 Å². The van der Waals surface area contributed by atoms with Crippen molar-refractivity contribution in [3.63, 3.8) is 0 Å². The Morgan fingerprint density at radius 2 is 1.80 bits per heavy atom. The lowest BCUT2D eigenvalue weighted by molar-refractivity contribution is 0.259. The van der Waals surface area contributed by atoms with Gasteiger partial charge in [-0.15, -0.1) is 0 Å². The lowest BCUT2D eigenvalue weighted by Gasteiger charge is -2.19. The summed E-state index contributed by atoms with van der Waals surface area (Å²) in [6, 6.07) is 4.83. The highest BCUT2D eigenvalue weighted by atomic mass is 35.5. The number of benzene rings is 1. The van der Waals surface area contributed by atoms with Crippen molar-refractivity contribution in [1.82, 2.24) is 0 Å². The van der Waals surface area contributed by atoms with Crippen LogP contribution < -0.4 is 4.52 Å². The molecule has 114 valence electrons. The zero-order valence-electron chi connectivity index (χ0n) is 11.9. The van der Waals surface area contributed by atoms with Crippen LogP contribution in [0.5, 0.6) is 5.75 Å². The van der Waals surface area contributed by atoms with Crippen molar-refractivity contribution in [2.24, 2.45) is 0 Å². The van der Waals surface area contributed by atoms with Crippen molar-refractivity contribution in [2.45, 2.75) is 39.5 Å². The van der Waals surface area contributed by atoms with Crippen LogP contribution in [0.1, 0.15) is 39.5 Å². The van der Waals surface area contributed by atoms with E-state index >= 15 is 0 Å². The van der Waals surface area contributed by atoms with Gasteiger partial charge >= 0.3 is 7.60 Å². The molecule has 0 fully saturated rings. The molecule has 1 rings (SSSR count). The van der Waals surface area contributed by atoms with Gasteiger partial charge in [0.25, 0.3) is 0 Å². The molecule has 0 spiro atoms. The number of hydrogen-bond acceptors (Lipinski definition) is 3. The molecular formula is C14H21Cl2O3P. The Bertz CT molecular complexity index is 466. The van der Waals surface area contributed by atoms with Gasteiger partial charge in [-0.1, -0.05) is 49.9 Å². The average Bonchev–Trinajstić information content (AvgIpc) is 2.41. The molecule has 0 heterocycles. The summed E-state index contributed by atoms with van der Waals surface area (Å²) in [5, 5.41) is 0.814. The third-order valence-electron chi connectivity index (χ3n) is 2.71. The molecular weight excluding hydrogens is 318 g/mol. The summed E-state index contributed by atoms with van der Waals surface area (Å²) < 4.78 is 23.8. The summed E-state index contributed by atoms with van der Waals surface area (Å²) in [4.78, 5) is 0. The first kappa shape index (κ1) is 17.8. The molecule has 0 radical (unpaired) electrons. The van der Waals surface area contributed by atoms with E-state index in [1.807, 2.05) is 6.92 Å². The third kappa shape index (κ3) is 6.05. The Balaban J connectivity index is 2.76. The molecule has 1 atom stereocenters. The molecule has 0 aliphatic heterocycles. The molecule has 0 saturated heterocycles. The van der Waals surface area contributed by atoms with Crippen LogP contribution in [0.4, 0.5) is 0 Å². The van der Waals surface area contributed by atoms with E-state index in [9.17, 15) is 4.57 Å². The Labute approximate surface area is 131 Å².